The molecule has 3 aromatic rings. The Hall–Kier alpha value is -4.51. The molecular formula is C21H12N2O6. The molecule has 1 heterocycles. The van der Waals surface area contributed by atoms with E-state index in [0.717, 1.165) is 6.07 Å². The Morgan fingerprint density at radius 1 is 1.07 bits per heavy atom. The number of carboxylic acids is 1. The van der Waals surface area contributed by atoms with Crippen molar-refractivity contribution in [3.05, 3.63) is 93.2 Å². The molecule has 0 aliphatic carbocycles. The molecule has 142 valence electrons. The van der Waals surface area contributed by atoms with Crippen LogP contribution in [-0.2, 0) is 0 Å². The molecule has 0 atom stereocenters. The van der Waals surface area contributed by atoms with Gasteiger partial charge in [-0.15, -0.1) is 0 Å². The van der Waals surface area contributed by atoms with E-state index < -0.39 is 16.7 Å². The van der Waals surface area contributed by atoms with Crippen LogP contribution in [-0.4, -0.2) is 21.8 Å². The molecule has 0 bridgehead atoms. The number of ketones is 1. The van der Waals surface area contributed by atoms with Gasteiger partial charge in [0.2, 0.25) is 5.78 Å². The fraction of sp³-hybridized carbons (Fsp3) is 0. The third kappa shape index (κ3) is 4.26. The molecule has 8 nitrogen and oxygen atoms in total. The highest BCUT2D eigenvalue weighted by molar-refractivity contribution is 6.14. The Kier molecular flexibility index (Phi) is 5.33. The van der Waals surface area contributed by atoms with Gasteiger partial charge in [0.15, 0.2) is 0 Å². The standard InChI is InChI=1S/C21H12N2O6/c22-12-16(20(24)14-4-2-6-17(10-14)23(27)28)11-18-7-8-19(29-18)13-3-1-5-15(9-13)21(25)26/h1-11H,(H,25,26)/b16-11+. The number of rotatable bonds is 6. The number of benzene rings is 2. The summed E-state index contributed by atoms with van der Waals surface area (Å²) in [6.45, 7) is 0. The molecule has 29 heavy (non-hydrogen) atoms. The lowest BCUT2D eigenvalue weighted by Crippen LogP contribution is -2.02. The van der Waals surface area contributed by atoms with E-state index in [1.165, 1.54) is 42.5 Å². The number of carboxylic acid groups (broad SMARTS) is 1. The van der Waals surface area contributed by atoms with Crippen molar-refractivity contribution in [2.45, 2.75) is 0 Å². The summed E-state index contributed by atoms with van der Waals surface area (Å²) in [6.07, 6.45) is 1.23. The number of furan rings is 1. The highest BCUT2D eigenvalue weighted by Gasteiger charge is 2.16. The number of nitriles is 1. The van der Waals surface area contributed by atoms with Gasteiger partial charge in [-0.25, -0.2) is 4.79 Å². The van der Waals surface area contributed by atoms with Crippen LogP contribution < -0.4 is 0 Å². The van der Waals surface area contributed by atoms with Gasteiger partial charge in [-0.3, -0.25) is 14.9 Å². The molecule has 0 amide bonds. The lowest BCUT2D eigenvalue weighted by molar-refractivity contribution is -0.384. The highest BCUT2D eigenvalue weighted by Crippen LogP contribution is 2.25. The van der Waals surface area contributed by atoms with Crippen LogP contribution in [0.3, 0.4) is 0 Å². The van der Waals surface area contributed by atoms with Gasteiger partial charge in [0.05, 0.1) is 10.5 Å². The second kappa shape index (κ2) is 8.02. The van der Waals surface area contributed by atoms with E-state index in [-0.39, 0.29) is 28.1 Å². The van der Waals surface area contributed by atoms with Gasteiger partial charge in [-0.1, -0.05) is 24.3 Å². The minimum atomic E-state index is -1.08. The molecule has 0 radical (unpaired) electrons. The maximum atomic E-state index is 12.5. The summed E-state index contributed by atoms with van der Waals surface area (Å²) in [5.41, 5.74) is 0.105. The smallest absolute Gasteiger partial charge is 0.335 e. The molecule has 1 N–H and O–H groups in total. The van der Waals surface area contributed by atoms with Gasteiger partial charge in [-0.05, 0) is 24.3 Å². The Morgan fingerprint density at radius 3 is 2.48 bits per heavy atom. The molecule has 0 saturated heterocycles. The van der Waals surface area contributed by atoms with Gasteiger partial charge in [-0.2, -0.15) is 5.26 Å². The Bertz CT molecular complexity index is 1200. The maximum absolute atomic E-state index is 12.5. The van der Waals surface area contributed by atoms with E-state index in [4.69, 9.17) is 9.52 Å². The first-order valence-electron chi connectivity index (χ1n) is 8.23. The van der Waals surface area contributed by atoms with Gasteiger partial charge in [0, 0.05) is 29.3 Å². The number of nitro groups is 1. The number of carbonyl (C=O) groups excluding carboxylic acids is 1. The van der Waals surface area contributed by atoms with E-state index in [9.17, 15) is 25.0 Å². The highest BCUT2D eigenvalue weighted by atomic mass is 16.6. The van der Waals surface area contributed by atoms with Crippen LogP contribution in [0.5, 0.6) is 0 Å². The molecule has 0 aliphatic rings. The molecular weight excluding hydrogens is 376 g/mol. The zero-order valence-electron chi connectivity index (χ0n) is 14.7. The molecule has 3 rings (SSSR count). The number of allylic oxidation sites excluding steroid dienone is 1. The number of nitrogens with zero attached hydrogens (tertiary/aromatic N) is 2. The normalized spacial score (nSPS) is 10.9. The van der Waals surface area contributed by atoms with Crippen molar-refractivity contribution in [2.75, 3.05) is 0 Å². The van der Waals surface area contributed by atoms with E-state index in [1.807, 2.05) is 0 Å². The number of carbonyl (C=O) groups is 2. The van der Waals surface area contributed by atoms with Crippen molar-refractivity contribution in [3.63, 3.8) is 0 Å². The van der Waals surface area contributed by atoms with Crippen LogP contribution >= 0.6 is 0 Å². The van der Waals surface area contributed by atoms with Gasteiger partial charge in [0.25, 0.3) is 5.69 Å². The summed E-state index contributed by atoms with van der Waals surface area (Å²) in [6, 6.07) is 16.1. The number of nitro benzene ring substituents is 1. The third-order valence-electron chi connectivity index (χ3n) is 3.99. The summed E-state index contributed by atoms with van der Waals surface area (Å²) in [7, 11) is 0. The van der Waals surface area contributed by atoms with Crippen LogP contribution in [0.4, 0.5) is 5.69 Å². The van der Waals surface area contributed by atoms with Crippen LogP contribution in [0.25, 0.3) is 17.4 Å². The average molecular weight is 388 g/mol. The second-order valence-electron chi connectivity index (χ2n) is 5.89. The first-order valence-corrected chi connectivity index (χ1v) is 8.23. The molecule has 2 aromatic carbocycles. The second-order valence-corrected chi connectivity index (χ2v) is 5.89. The Morgan fingerprint density at radius 2 is 1.79 bits per heavy atom. The van der Waals surface area contributed by atoms with Crippen molar-refractivity contribution in [2.24, 2.45) is 0 Å². The molecule has 8 heteroatoms. The summed E-state index contributed by atoms with van der Waals surface area (Å²) in [4.78, 5) is 33.9. The lowest BCUT2D eigenvalue weighted by Gasteiger charge is -2.00. The van der Waals surface area contributed by atoms with Gasteiger partial charge >= 0.3 is 5.97 Å². The first kappa shape index (κ1) is 19.3. The number of aromatic carboxylic acids is 1. The Balaban J connectivity index is 1.91. The maximum Gasteiger partial charge on any atom is 0.335 e. The molecule has 0 unspecified atom stereocenters. The van der Waals surface area contributed by atoms with Crippen LogP contribution in [0.2, 0.25) is 0 Å². The Labute approximate surface area is 164 Å². The monoisotopic (exact) mass is 388 g/mol. The SMILES string of the molecule is N#C/C(=C\c1ccc(-c2cccc(C(=O)O)c2)o1)C(=O)c1cccc([N+](=O)[O-])c1. The predicted molar refractivity (Wildman–Crippen MR) is 102 cm³/mol. The van der Waals surface area contributed by atoms with Gasteiger partial charge < -0.3 is 9.52 Å². The van der Waals surface area contributed by atoms with Crippen molar-refractivity contribution in [1.29, 1.82) is 5.26 Å². The zero-order valence-corrected chi connectivity index (χ0v) is 14.7. The largest absolute Gasteiger partial charge is 0.478 e. The quantitative estimate of drug-likeness (QED) is 0.218. The average Bonchev–Trinajstić information content (AvgIpc) is 3.20. The molecule has 0 saturated carbocycles. The molecule has 0 aliphatic heterocycles. The first-order chi connectivity index (χ1) is 13.9. The van der Waals surface area contributed by atoms with Crippen molar-refractivity contribution >= 4 is 23.5 Å². The van der Waals surface area contributed by atoms with E-state index in [1.54, 1.807) is 24.3 Å². The lowest BCUT2D eigenvalue weighted by atomic mass is 10.0. The minimum absolute atomic E-state index is 0.00735. The number of Topliss-reactive ketones (excluding diaryl/α,β-unsaturated/α-hetero) is 1. The van der Waals surface area contributed by atoms with Crippen molar-refractivity contribution in [3.8, 4) is 17.4 Å². The molecule has 1 aromatic heterocycles. The number of hydrogen-bond donors (Lipinski definition) is 1. The zero-order chi connectivity index (χ0) is 21.0. The summed E-state index contributed by atoms with van der Waals surface area (Å²) >= 11 is 0. The minimum Gasteiger partial charge on any atom is -0.478 e. The van der Waals surface area contributed by atoms with E-state index >= 15 is 0 Å². The van der Waals surface area contributed by atoms with Crippen molar-refractivity contribution < 1.29 is 24.0 Å². The van der Waals surface area contributed by atoms with E-state index in [0.29, 0.717) is 11.3 Å². The fourth-order valence-electron chi connectivity index (χ4n) is 2.60. The number of non-ortho nitro benzene ring substituents is 1. The summed E-state index contributed by atoms with van der Waals surface area (Å²) in [5.74, 6) is -1.19. The van der Waals surface area contributed by atoms with Gasteiger partial charge in [0.1, 0.15) is 23.2 Å². The summed E-state index contributed by atoms with van der Waals surface area (Å²) < 4.78 is 5.60. The van der Waals surface area contributed by atoms with Crippen LogP contribution in [0, 0.1) is 21.4 Å². The number of hydrogen-bond acceptors (Lipinski definition) is 6. The third-order valence-corrected chi connectivity index (χ3v) is 3.99. The predicted octanol–water partition coefficient (Wildman–Crippen LogP) is 4.34. The van der Waals surface area contributed by atoms with E-state index in [2.05, 4.69) is 0 Å². The van der Waals surface area contributed by atoms with Crippen molar-refractivity contribution in [1.82, 2.24) is 0 Å². The summed E-state index contributed by atoms with van der Waals surface area (Å²) in [5, 5.41) is 29.3. The molecule has 0 spiro atoms. The fourth-order valence-corrected chi connectivity index (χ4v) is 2.60. The topological polar surface area (TPSA) is 134 Å². The van der Waals surface area contributed by atoms with Crippen LogP contribution in [0.15, 0.2) is 70.7 Å². The molecule has 0 fully saturated rings. The van der Waals surface area contributed by atoms with Crippen LogP contribution in [0.1, 0.15) is 26.5 Å².